The lowest BCUT2D eigenvalue weighted by molar-refractivity contribution is -0.384. The number of halogens is 1. The topological polar surface area (TPSA) is 119 Å². The minimum Gasteiger partial charge on any atom is -0.493 e. The van der Waals surface area contributed by atoms with Crippen LogP contribution in [0.25, 0.3) is 6.08 Å². The Morgan fingerprint density at radius 2 is 1.95 bits per heavy atom. The van der Waals surface area contributed by atoms with Crippen molar-refractivity contribution in [3.8, 4) is 11.5 Å². The van der Waals surface area contributed by atoms with E-state index in [0.717, 1.165) is 35.9 Å². The molecule has 0 radical (unpaired) electrons. The van der Waals surface area contributed by atoms with Crippen LogP contribution >= 0.6 is 34.4 Å². The van der Waals surface area contributed by atoms with E-state index in [2.05, 4.69) is 22.6 Å². The maximum Gasteiger partial charge on any atom is 0.294 e. The number of carbonyl (C=O) groups excluding carboxylic acids is 3. The number of non-ortho nitro benzene ring substituents is 1. The first-order chi connectivity index (χ1) is 17.8. The Bertz CT molecular complexity index is 1280. The molecule has 2 aliphatic heterocycles. The summed E-state index contributed by atoms with van der Waals surface area (Å²) < 4.78 is 12.1. The van der Waals surface area contributed by atoms with Crippen LogP contribution < -0.4 is 9.47 Å². The quantitative estimate of drug-likeness (QED) is 0.175. The molecule has 0 atom stereocenters. The fraction of sp³-hybridized carbons (Fsp3) is 0.320. The minimum absolute atomic E-state index is 0.0234. The Labute approximate surface area is 231 Å². The van der Waals surface area contributed by atoms with Crippen LogP contribution in [0.2, 0.25) is 0 Å². The third-order valence-corrected chi connectivity index (χ3v) is 7.64. The van der Waals surface area contributed by atoms with E-state index in [9.17, 15) is 24.5 Å². The van der Waals surface area contributed by atoms with Gasteiger partial charge >= 0.3 is 0 Å². The van der Waals surface area contributed by atoms with Gasteiger partial charge in [0.15, 0.2) is 11.5 Å². The lowest BCUT2D eigenvalue weighted by Gasteiger charge is -2.27. The third-order valence-electron chi connectivity index (χ3n) is 5.93. The van der Waals surface area contributed by atoms with Gasteiger partial charge in [0.25, 0.3) is 16.8 Å². The average molecular weight is 637 g/mol. The van der Waals surface area contributed by atoms with E-state index >= 15 is 0 Å². The molecule has 2 heterocycles. The number of rotatable bonds is 8. The summed E-state index contributed by atoms with van der Waals surface area (Å²) in [5, 5.41) is 10.5. The highest BCUT2D eigenvalue weighted by atomic mass is 127. The predicted octanol–water partition coefficient (Wildman–Crippen LogP) is 4.84. The van der Waals surface area contributed by atoms with Crippen LogP contribution in [0.1, 0.15) is 30.4 Å². The number of thioether (sulfide) groups is 1. The Balaban J connectivity index is 1.48. The average Bonchev–Trinajstić information content (AvgIpc) is 3.15. The number of carbonyl (C=O) groups is 3. The van der Waals surface area contributed by atoms with Crippen LogP contribution in [0.5, 0.6) is 11.5 Å². The Kier molecular flexibility index (Phi) is 8.69. The van der Waals surface area contributed by atoms with Crippen LogP contribution in [0.3, 0.4) is 0 Å². The minimum atomic E-state index is -0.500. The van der Waals surface area contributed by atoms with Crippen LogP contribution in [0.4, 0.5) is 10.5 Å². The number of nitrogens with zero attached hydrogens (tertiary/aromatic N) is 3. The fourth-order valence-electron chi connectivity index (χ4n) is 4.04. The molecular weight excluding hydrogens is 613 g/mol. The molecule has 3 amide bonds. The number of benzene rings is 2. The molecule has 2 aromatic rings. The summed E-state index contributed by atoms with van der Waals surface area (Å²) in [6, 6.07) is 9.63. The Morgan fingerprint density at radius 1 is 1.19 bits per heavy atom. The van der Waals surface area contributed by atoms with Gasteiger partial charge in [0.2, 0.25) is 5.91 Å². The van der Waals surface area contributed by atoms with Crippen LogP contribution in [0, 0.1) is 13.7 Å². The van der Waals surface area contributed by atoms with E-state index in [1.165, 1.54) is 19.2 Å². The van der Waals surface area contributed by atoms with E-state index in [1.54, 1.807) is 35.2 Å². The number of amides is 3. The number of nitro benzene ring substituents is 1. The first-order valence-corrected chi connectivity index (χ1v) is 13.4. The number of ether oxygens (including phenoxy) is 2. The van der Waals surface area contributed by atoms with Gasteiger partial charge in [-0.1, -0.05) is 12.1 Å². The van der Waals surface area contributed by atoms with Crippen molar-refractivity contribution in [1.29, 1.82) is 0 Å². The van der Waals surface area contributed by atoms with Crippen LogP contribution in [-0.4, -0.2) is 58.5 Å². The van der Waals surface area contributed by atoms with Crippen LogP contribution in [-0.2, 0) is 16.2 Å². The van der Waals surface area contributed by atoms with Gasteiger partial charge in [-0.25, -0.2) is 0 Å². The molecule has 2 fully saturated rings. The van der Waals surface area contributed by atoms with E-state index in [0.29, 0.717) is 39.3 Å². The monoisotopic (exact) mass is 637 g/mol. The van der Waals surface area contributed by atoms with E-state index < -0.39 is 16.1 Å². The second-order valence-electron chi connectivity index (χ2n) is 8.46. The van der Waals surface area contributed by atoms with Gasteiger partial charge in [-0.2, -0.15) is 0 Å². The van der Waals surface area contributed by atoms with Crippen molar-refractivity contribution < 1.29 is 28.8 Å². The van der Waals surface area contributed by atoms with Gasteiger partial charge in [-0.05, 0) is 83.0 Å². The van der Waals surface area contributed by atoms with Gasteiger partial charge in [-0.3, -0.25) is 29.4 Å². The molecule has 194 valence electrons. The maximum absolute atomic E-state index is 12.9. The van der Waals surface area contributed by atoms with Gasteiger partial charge in [-0.15, -0.1) is 0 Å². The lowest BCUT2D eigenvalue weighted by Crippen LogP contribution is -2.44. The van der Waals surface area contributed by atoms with E-state index in [4.69, 9.17) is 9.47 Å². The summed E-state index contributed by atoms with van der Waals surface area (Å²) in [5.41, 5.74) is 1.23. The third kappa shape index (κ3) is 6.42. The molecule has 2 aliphatic rings. The molecule has 0 N–H and O–H groups in total. The SMILES string of the molecule is COc1cc(/C=C2\SC(=O)N(CC(=O)N3CCCCC3)C2=O)cc(I)c1OCc1cccc([N+](=O)[O-])c1. The molecule has 0 aliphatic carbocycles. The standard InChI is InChI=1S/C25H24IN3O7S/c1-35-20-12-17(11-19(26)23(20)36-15-16-6-5-7-18(10-16)29(33)34)13-21-24(31)28(25(32)37-21)14-22(30)27-8-3-2-4-9-27/h5-7,10-13H,2-4,8-9,14-15H2,1H3/b21-13-. The largest absolute Gasteiger partial charge is 0.493 e. The molecule has 10 nitrogen and oxygen atoms in total. The fourth-order valence-corrected chi connectivity index (χ4v) is 5.66. The van der Waals surface area contributed by atoms with Gasteiger partial charge < -0.3 is 14.4 Å². The highest BCUT2D eigenvalue weighted by Gasteiger charge is 2.37. The highest BCUT2D eigenvalue weighted by molar-refractivity contribution is 14.1. The zero-order chi connectivity index (χ0) is 26.5. The van der Waals surface area contributed by atoms with Crippen molar-refractivity contribution in [3.05, 3.63) is 66.1 Å². The number of hydrogen-bond donors (Lipinski definition) is 0. The molecule has 2 aromatic carbocycles. The second-order valence-corrected chi connectivity index (χ2v) is 10.6. The Hall–Kier alpha value is -3.13. The van der Waals surface area contributed by atoms with E-state index in [-0.39, 0.29) is 29.7 Å². The number of piperidine rings is 1. The smallest absolute Gasteiger partial charge is 0.294 e. The molecule has 0 unspecified atom stereocenters. The predicted molar refractivity (Wildman–Crippen MR) is 146 cm³/mol. The Morgan fingerprint density at radius 3 is 2.65 bits per heavy atom. The first kappa shape index (κ1) is 26.9. The second kappa shape index (κ2) is 11.9. The van der Waals surface area contributed by atoms with Gasteiger partial charge in [0.05, 0.1) is 20.5 Å². The number of likely N-dealkylation sites (tertiary alicyclic amines) is 1. The molecule has 0 aromatic heterocycles. The van der Waals surface area contributed by atoms with Gasteiger partial charge in [0, 0.05) is 25.2 Å². The van der Waals surface area contributed by atoms with Crippen molar-refractivity contribution in [2.75, 3.05) is 26.7 Å². The highest BCUT2D eigenvalue weighted by Crippen LogP contribution is 2.37. The molecule has 0 bridgehead atoms. The number of nitro groups is 1. The normalized spacial score (nSPS) is 16.9. The lowest BCUT2D eigenvalue weighted by atomic mass is 10.1. The summed E-state index contributed by atoms with van der Waals surface area (Å²) in [5.74, 6) is 0.139. The summed E-state index contributed by atoms with van der Waals surface area (Å²) in [4.78, 5) is 51.5. The van der Waals surface area contributed by atoms with Gasteiger partial charge in [0.1, 0.15) is 13.2 Å². The van der Waals surface area contributed by atoms with Crippen molar-refractivity contribution >= 4 is 63.2 Å². The molecule has 0 saturated carbocycles. The molecule has 4 rings (SSSR count). The van der Waals surface area contributed by atoms with Crippen LogP contribution in [0.15, 0.2) is 41.3 Å². The van der Waals surface area contributed by atoms with Crippen molar-refractivity contribution in [3.63, 3.8) is 0 Å². The summed E-state index contributed by atoms with van der Waals surface area (Å²) in [7, 11) is 1.48. The molecule has 0 spiro atoms. The summed E-state index contributed by atoms with van der Waals surface area (Å²) in [6.45, 7) is 1.14. The zero-order valence-electron chi connectivity index (χ0n) is 20.0. The van der Waals surface area contributed by atoms with Crippen molar-refractivity contribution in [2.45, 2.75) is 25.9 Å². The summed E-state index contributed by atoms with van der Waals surface area (Å²) in [6.07, 6.45) is 4.53. The molecule has 12 heteroatoms. The maximum atomic E-state index is 12.9. The molecule has 2 saturated heterocycles. The van der Waals surface area contributed by atoms with Crippen molar-refractivity contribution in [2.24, 2.45) is 0 Å². The number of methoxy groups -OCH3 is 1. The number of imide groups is 1. The molecular formula is C25H24IN3O7S. The van der Waals surface area contributed by atoms with E-state index in [1.807, 2.05) is 0 Å². The number of hydrogen-bond acceptors (Lipinski definition) is 8. The molecule has 37 heavy (non-hydrogen) atoms. The van der Waals surface area contributed by atoms with Crippen molar-refractivity contribution in [1.82, 2.24) is 9.80 Å². The first-order valence-electron chi connectivity index (χ1n) is 11.5. The zero-order valence-corrected chi connectivity index (χ0v) is 23.0. The summed E-state index contributed by atoms with van der Waals surface area (Å²) >= 11 is 2.87.